The smallest absolute Gasteiger partial charge is 0.134 e. The van der Waals surface area contributed by atoms with Crippen molar-refractivity contribution >= 4 is 11.6 Å². The zero-order chi connectivity index (χ0) is 13.7. The maximum absolute atomic E-state index is 9.03. The molecule has 0 amide bonds. The molecule has 106 valence electrons. The first-order valence-electron chi connectivity index (χ1n) is 7.13. The maximum Gasteiger partial charge on any atom is 0.134 e. The molecule has 1 N–H and O–H groups in total. The molecule has 0 aliphatic carbocycles. The van der Waals surface area contributed by atoms with Gasteiger partial charge in [0.2, 0.25) is 0 Å². The fourth-order valence-electron chi connectivity index (χ4n) is 2.46. The molecule has 2 rings (SSSR count). The van der Waals surface area contributed by atoms with Crippen LogP contribution in [-0.2, 0) is 0 Å². The number of nitrogens with zero attached hydrogens (tertiary/aromatic N) is 4. The highest BCUT2D eigenvalue weighted by molar-refractivity contribution is 5.50. The molecule has 1 fully saturated rings. The molecule has 1 aromatic rings. The third-order valence-electron chi connectivity index (χ3n) is 3.57. The highest BCUT2D eigenvalue weighted by Gasteiger charge is 2.14. The van der Waals surface area contributed by atoms with E-state index in [1.54, 1.807) is 0 Å². The van der Waals surface area contributed by atoms with Crippen LogP contribution in [-0.4, -0.2) is 48.4 Å². The van der Waals surface area contributed by atoms with Gasteiger partial charge in [0.1, 0.15) is 17.5 Å². The molecule has 0 aromatic carbocycles. The second kappa shape index (κ2) is 6.70. The summed E-state index contributed by atoms with van der Waals surface area (Å²) in [4.78, 5) is 13.3. The van der Waals surface area contributed by atoms with Gasteiger partial charge in [-0.2, -0.15) is 0 Å². The first-order valence-corrected chi connectivity index (χ1v) is 7.13. The Kier molecular flexibility index (Phi) is 4.96. The van der Waals surface area contributed by atoms with E-state index in [1.165, 1.54) is 25.7 Å². The summed E-state index contributed by atoms with van der Waals surface area (Å²) in [7, 11) is 1.95. The van der Waals surface area contributed by atoms with Crippen molar-refractivity contribution < 1.29 is 5.11 Å². The van der Waals surface area contributed by atoms with Gasteiger partial charge in [-0.3, -0.25) is 0 Å². The molecular weight excluding hydrogens is 240 g/mol. The van der Waals surface area contributed by atoms with Gasteiger partial charge in [-0.25, -0.2) is 9.97 Å². The Balaban J connectivity index is 2.19. The Hall–Kier alpha value is -1.36. The highest BCUT2D eigenvalue weighted by atomic mass is 16.3. The molecule has 1 aliphatic rings. The molecule has 5 nitrogen and oxygen atoms in total. The number of aliphatic hydroxyl groups excluding tert-OH is 1. The summed E-state index contributed by atoms with van der Waals surface area (Å²) in [6.45, 7) is 4.82. The van der Waals surface area contributed by atoms with Crippen LogP contribution in [0.5, 0.6) is 0 Å². The maximum atomic E-state index is 9.03. The van der Waals surface area contributed by atoms with Crippen LogP contribution in [0.3, 0.4) is 0 Å². The second-order valence-corrected chi connectivity index (χ2v) is 5.18. The average Bonchev–Trinajstić information content (AvgIpc) is 2.67. The van der Waals surface area contributed by atoms with E-state index in [2.05, 4.69) is 14.9 Å². The van der Waals surface area contributed by atoms with Gasteiger partial charge in [0.25, 0.3) is 0 Å². The van der Waals surface area contributed by atoms with Crippen LogP contribution >= 0.6 is 0 Å². The summed E-state index contributed by atoms with van der Waals surface area (Å²) < 4.78 is 0. The summed E-state index contributed by atoms with van der Waals surface area (Å²) >= 11 is 0. The number of hydrogen-bond donors (Lipinski definition) is 1. The largest absolute Gasteiger partial charge is 0.395 e. The van der Waals surface area contributed by atoms with Crippen molar-refractivity contribution in [3.05, 3.63) is 11.9 Å². The fourth-order valence-corrected chi connectivity index (χ4v) is 2.46. The van der Waals surface area contributed by atoms with E-state index in [0.717, 1.165) is 30.5 Å². The molecule has 1 aromatic heterocycles. The van der Waals surface area contributed by atoms with Crippen molar-refractivity contribution in [3.8, 4) is 0 Å². The van der Waals surface area contributed by atoms with Crippen LogP contribution in [0.4, 0.5) is 11.6 Å². The Morgan fingerprint density at radius 3 is 2.53 bits per heavy atom. The lowest BCUT2D eigenvalue weighted by molar-refractivity contribution is 0.304. The SMILES string of the molecule is Cc1nc(N(C)CCO)cc(N2CCCCCC2)n1. The van der Waals surface area contributed by atoms with Crippen LogP contribution < -0.4 is 9.80 Å². The van der Waals surface area contributed by atoms with Crippen molar-refractivity contribution in [2.24, 2.45) is 0 Å². The van der Waals surface area contributed by atoms with Gasteiger partial charge in [-0.05, 0) is 19.8 Å². The lowest BCUT2D eigenvalue weighted by atomic mass is 10.2. The van der Waals surface area contributed by atoms with Crippen molar-refractivity contribution in [1.29, 1.82) is 0 Å². The molecule has 19 heavy (non-hydrogen) atoms. The number of aliphatic hydroxyl groups is 1. The first kappa shape index (κ1) is 14.1. The highest BCUT2D eigenvalue weighted by Crippen LogP contribution is 2.21. The molecule has 5 heteroatoms. The quantitative estimate of drug-likeness (QED) is 0.895. The molecule has 0 unspecified atom stereocenters. The lowest BCUT2D eigenvalue weighted by Gasteiger charge is -2.24. The molecule has 0 atom stereocenters. The number of hydrogen-bond acceptors (Lipinski definition) is 5. The molecular formula is C14H24N4O. The topological polar surface area (TPSA) is 52.5 Å². The predicted octanol–water partition coefficient (Wildman–Crippen LogP) is 1.59. The standard InChI is InChI=1S/C14H24N4O/c1-12-15-13(17(2)9-10-19)11-14(16-12)18-7-5-3-4-6-8-18/h11,19H,3-10H2,1-2H3. The molecule has 2 heterocycles. The minimum Gasteiger partial charge on any atom is -0.395 e. The van der Waals surface area contributed by atoms with E-state index in [1.807, 2.05) is 24.9 Å². The zero-order valence-corrected chi connectivity index (χ0v) is 12.0. The van der Waals surface area contributed by atoms with Crippen LogP contribution in [0.2, 0.25) is 0 Å². The van der Waals surface area contributed by atoms with Crippen molar-refractivity contribution in [2.75, 3.05) is 43.1 Å². The first-order chi connectivity index (χ1) is 9.20. The minimum atomic E-state index is 0.137. The average molecular weight is 264 g/mol. The van der Waals surface area contributed by atoms with Gasteiger partial charge >= 0.3 is 0 Å². The van der Waals surface area contributed by atoms with Crippen LogP contribution in [0, 0.1) is 6.92 Å². The van der Waals surface area contributed by atoms with Gasteiger partial charge in [-0.15, -0.1) is 0 Å². The van der Waals surface area contributed by atoms with Gasteiger partial charge in [0, 0.05) is 32.7 Å². The Morgan fingerprint density at radius 1 is 1.21 bits per heavy atom. The molecule has 1 saturated heterocycles. The number of aryl methyl sites for hydroxylation is 1. The monoisotopic (exact) mass is 264 g/mol. The number of aromatic nitrogens is 2. The molecule has 1 aliphatic heterocycles. The van der Waals surface area contributed by atoms with E-state index in [0.29, 0.717) is 6.54 Å². The van der Waals surface area contributed by atoms with E-state index in [4.69, 9.17) is 5.11 Å². The van der Waals surface area contributed by atoms with Gasteiger partial charge in [0.15, 0.2) is 0 Å². The van der Waals surface area contributed by atoms with Crippen molar-refractivity contribution in [1.82, 2.24) is 9.97 Å². The Labute approximate surface area is 115 Å². The Bertz CT molecular complexity index is 402. The van der Waals surface area contributed by atoms with E-state index in [9.17, 15) is 0 Å². The lowest BCUT2D eigenvalue weighted by Crippen LogP contribution is -2.27. The van der Waals surface area contributed by atoms with Crippen molar-refractivity contribution in [3.63, 3.8) is 0 Å². The van der Waals surface area contributed by atoms with Crippen LogP contribution in [0.25, 0.3) is 0 Å². The van der Waals surface area contributed by atoms with Crippen LogP contribution in [0.15, 0.2) is 6.07 Å². The normalized spacial score (nSPS) is 16.3. The number of anilines is 2. The summed E-state index contributed by atoms with van der Waals surface area (Å²) in [6.07, 6.45) is 5.12. The molecule has 0 saturated carbocycles. The number of rotatable bonds is 4. The number of likely N-dealkylation sites (N-methyl/N-ethyl adjacent to an activating group) is 1. The van der Waals surface area contributed by atoms with E-state index in [-0.39, 0.29) is 6.61 Å². The van der Waals surface area contributed by atoms with Gasteiger partial charge in [0.05, 0.1) is 6.61 Å². The third kappa shape index (κ3) is 3.80. The minimum absolute atomic E-state index is 0.137. The summed E-state index contributed by atoms with van der Waals surface area (Å²) in [6, 6.07) is 2.04. The fraction of sp³-hybridized carbons (Fsp3) is 0.714. The van der Waals surface area contributed by atoms with Gasteiger partial charge in [-0.1, -0.05) is 12.8 Å². The predicted molar refractivity (Wildman–Crippen MR) is 77.8 cm³/mol. The van der Waals surface area contributed by atoms with Gasteiger partial charge < -0.3 is 14.9 Å². The summed E-state index contributed by atoms with van der Waals surface area (Å²) in [5, 5.41) is 9.03. The summed E-state index contributed by atoms with van der Waals surface area (Å²) in [5.41, 5.74) is 0. The summed E-state index contributed by atoms with van der Waals surface area (Å²) in [5.74, 6) is 2.71. The molecule has 0 bridgehead atoms. The zero-order valence-electron chi connectivity index (χ0n) is 12.0. The molecule has 0 spiro atoms. The van der Waals surface area contributed by atoms with Crippen LogP contribution in [0.1, 0.15) is 31.5 Å². The third-order valence-corrected chi connectivity index (χ3v) is 3.57. The van der Waals surface area contributed by atoms with E-state index >= 15 is 0 Å². The van der Waals surface area contributed by atoms with Crippen molar-refractivity contribution in [2.45, 2.75) is 32.6 Å². The van der Waals surface area contributed by atoms with E-state index < -0.39 is 0 Å². The second-order valence-electron chi connectivity index (χ2n) is 5.18. The Morgan fingerprint density at radius 2 is 1.89 bits per heavy atom. The molecule has 0 radical (unpaired) electrons.